The third kappa shape index (κ3) is 3.07. The van der Waals surface area contributed by atoms with Crippen LogP contribution >= 0.6 is 11.5 Å². The Labute approximate surface area is 124 Å². The van der Waals surface area contributed by atoms with E-state index in [1.165, 1.54) is 22.1 Å². The van der Waals surface area contributed by atoms with Crippen molar-refractivity contribution in [3.63, 3.8) is 0 Å². The summed E-state index contributed by atoms with van der Waals surface area (Å²) in [4.78, 5) is 1.21. The van der Waals surface area contributed by atoms with Gasteiger partial charge >= 0.3 is 0 Å². The van der Waals surface area contributed by atoms with Gasteiger partial charge in [0, 0.05) is 12.7 Å². The second kappa shape index (κ2) is 6.95. The van der Waals surface area contributed by atoms with Gasteiger partial charge in [0.15, 0.2) is 0 Å². The molecule has 1 N–H and O–H groups in total. The monoisotopic (exact) mass is 293 g/mol. The van der Waals surface area contributed by atoms with E-state index in [0.717, 1.165) is 25.2 Å². The molecule has 0 radical (unpaired) electrons. The summed E-state index contributed by atoms with van der Waals surface area (Å²) in [6, 6.07) is 2.22. The van der Waals surface area contributed by atoms with Gasteiger partial charge in [0.2, 0.25) is 0 Å². The Morgan fingerprint density at radius 1 is 1.35 bits per heavy atom. The van der Waals surface area contributed by atoms with Crippen LogP contribution in [0.5, 0.6) is 0 Å². The summed E-state index contributed by atoms with van der Waals surface area (Å²) < 4.78 is 6.23. The van der Waals surface area contributed by atoms with Crippen molar-refractivity contribution in [2.24, 2.45) is 0 Å². The summed E-state index contributed by atoms with van der Waals surface area (Å²) >= 11 is 1.49. The molecule has 0 spiro atoms. The Bertz CT molecular complexity index is 531. The van der Waals surface area contributed by atoms with Gasteiger partial charge in [0.25, 0.3) is 0 Å². The zero-order chi connectivity index (χ0) is 14.5. The largest absolute Gasteiger partial charge is 0.304 e. The van der Waals surface area contributed by atoms with Crippen molar-refractivity contribution >= 4 is 11.5 Å². The zero-order valence-corrected chi connectivity index (χ0v) is 13.4. The second-order valence-corrected chi connectivity index (χ2v) is 5.93. The average molecular weight is 293 g/mol. The van der Waals surface area contributed by atoms with Crippen LogP contribution in [0.15, 0.2) is 12.3 Å². The predicted molar refractivity (Wildman–Crippen MR) is 82.0 cm³/mol. The SMILES string of the molecule is CCCn1nccc1C(NCC)c1snnc1C(C)C. The van der Waals surface area contributed by atoms with E-state index in [9.17, 15) is 0 Å². The standard InChI is InChI=1S/C14H23N5S/c1-5-9-19-11(7-8-16-19)13(15-6-2)14-12(10(3)4)17-18-20-14/h7-8,10,13,15H,5-6,9H2,1-4H3. The molecule has 2 aromatic rings. The van der Waals surface area contributed by atoms with Gasteiger partial charge in [-0.05, 0) is 36.5 Å². The van der Waals surface area contributed by atoms with Gasteiger partial charge in [-0.2, -0.15) is 5.10 Å². The molecule has 0 saturated heterocycles. The molecule has 2 aromatic heterocycles. The van der Waals surface area contributed by atoms with Crippen LogP contribution in [-0.4, -0.2) is 25.9 Å². The van der Waals surface area contributed by atoms with Crippen molar-refractivity contribution in [2.75, 3.05) is 6.54 Å². The molecule has 2 rings (SSSR count). The van der Waals surface area contributed by atoms with Crippen molar-refractivity contribution in [2.45, 2.75) is 52.6 Å². The smallest absolute Gasteiger partial charge is 0.0877 e. The van der Waals surface area contributed by atoms with Crippen molar-refractivity contribution in [3.05, 3.63) is 28.5 Å². The first-order valence-electron chi connectivity index (χ1n) is 7.26. The summed E-state index contributed by atoms with van der Waals surface area (Å²) in [5, 5.41) is 12.3. The van der Waals surface area contributed by atoms with Gasteiger partial charge in [-0.3, -0.25) is 4.68 Å². The van der Waals surface area contributed by atoms with E-state index in [2.05, 4.69) is 58.4 Å². The lowest BCUT2D eigenvalue weighted by molar-refractivity contribution is 0.520. The number of nitrogens with one attached hydrogen (secondary N) is 1. The normalized spacial score (nSPS) is 13.1. The molecule has 110 valence electrons. The molecule has 5 nitrogen and oxygen atoms in total. The van der Waals surface area contributed by atoms with Crippen molar-refractivity contribution < 1.29 is 0 Å². The summed E-state index contributed by atoms with van der Waals surface area (Å²) in [5.41, 5.74) is 2.28. The van der Waals surface area contributed by atoms with Crippen molar-refractivity contribution in [1.82, 2.24) is 24.7 Å². The molecule has 0 aliphatic rings. The lowest BCUT2D eigenvalue weighted by atomic mass is 10.0. The van der Waals surface area contributed by atoms with Crippen LogP contribution in [-0.2, 0) is 6.54 Å². The fraction of sp³-hybridized carbons (Fsp3) is 0.643. The highest BCUT2D eigenvalue weighted by Crippen LogP contribution is 2.30. The van der Waals surface area contributed by atoms with Gasteiger partial charge in [-0.15, -0.1) is 5.10 Å². The van der Waals surface area contributed by atoms with E-state index >= 15 is 0 Å². The van der Waals surface area contributed by atoms with Crippen molar-refractivity contribution in [3.8, 4) is 0 Å². The molecule has 0 saturated carbocycles. The van der Waals surface area contributed by atoms with Crippen LogP contribution in [0, 0.1) is 0 Å². The van der Waals surface area contributed by atoms with E-state index in [4.69, 9.17) is 0 Å². The zero-order valence-electron chi connectivity index (χ0n) is 12.6. The number of aromatic nitrogens is 4. The maximum atomic E-state index is 4.43. The molecular formula is C14H23N5S. The third-order valence-electron chi connectivity index (χ3n) is 3.24. The minimum atomic E-state index is 0.131. The summed E-state index contributed by atoms with van der Waals surface area (Å²) in [5.74, 6) is 0.382. The van der Waals surface area contributed by atoms with Gasteiger partial charge in [0.1, 0.15) is 0 Å². The van der Waals surface area contributed by atoms with Gasteiger partial charge in [-0.1, -0.05) is 32.2 Å². The highest BCUT2D eigenvalue weighted by molar-refractivity contribution is 7.05. The fourth-order valence-corrected chi connectivity index (χ4v) is 3.22. The first-order chi connectivity index (χ1) is 9.69. The summed E-state index contributed by atoms with van der Waals surface area (Å²) in [6.45, 7) is 10.4. The lowest BCUT2D eigenvalue weighted by Gasteiger charge is -2.19. The summed E-state index contributed by atoms with van der Waals surface area (Å²) in [7, 11) is 0. The number of rotatable bonds is 7. The quantitative estimate of drug-likeness (QED) is 0.852. The minimum Gasteiger partial charge on any atom is -0.304 e. The van der Waals surface area contributed by atoms with Gasteiger partial charge in [0.05, 0.1) is 22.3 Å². The molecule has 6 heteroatoms. The molecule has 0 aliphatic carbocycles. The van der Waals surface area contributed by atoms with Crippen LogP contribution in [0.4, 0.5) is 0 Å². The Balaban J connectivity index is 2.40. The maximum Gasteiger partial charge on any atom is 0.0877 e. The van der Waals surface area contributed by atoms with Gasteiger partial charge in [-0.25, -0.2) is 0 Å². The molecule has 0 bridgehead atoms. The molecule has 20 heavy (non-hydrogen) atoms. The first-order valence-corrected chi connectivity index (χ1v) is 8.03. The van der Waals surface area contributed by atoms with E-state index in [1.807, 2.05) is 6.20 Å². The predicted octanol–water partition coefficient (Wildman–Crippen LogP) is 2.97. The molecule has 0 aliphatic heterocycles. The van der Waals surface area contributed by atoms with Crippen LogP contribution < -0.4 is 5.32 Å². The molecular weight excluding hydrogens is 270 g/mol. The molecule has 2 heterocycles. The number of aryl methyl sites for hydroxylation is 1. The topological polar surface area (TPSA) is 55.6 Å². The van der Waals surface area contributed by atoms with Crippen LogP contribution in [0.25, 0.3) is 0 Å². The van der Waals surface area contributed by atoms with Crippen LogP contribution in [0.2, 0.25) is 0 Å². The molecule has 0 fully saturated rings. The Morgan fingerprint density at radius 2 is 2.15 bits per heavy atom. The molecule has 0 amide bonds. The minimum absolute atomic E-state index is 0.131. The van der Waals surface area contributed by atoms with Crippen LogP contribution in [0.3, 0.4) is 0 Å². The average Bonchev–Trinajstić information content (AvgIpc) is 3.05. The molecule has 1 atom stereocenters. The Morgan fingerprint density at radius 3 is 2.80 bits per heavy atom. The lowest BCUT2D eigenvalue weighted by Crippen LogP contribution is -2.25. The highest BCUT2D eigenvalue weighted by Gasteiger charge is 2.24. The van der Waals surface area contributed by atoms with E-state index in [-0.39, 0.29) is 6.04 Å². The Kier molecular flexibility index (Phi) is 5.25. The molecule has 1 unspecified atom stereocenters. The number of hydrogen-bond donors (Lipinski definition) is 1. The van der Waals surface area contributed by atoms with Crippen molar-refractivity contribution in [1.29, 1.82) is 0 Å². The molecule has 0 aromatic carbocycles. The first kappa shape index (κ1) is 15.1. The maximum absolute atomic E-state index is 4.43. The highest BCUT2D eigenvalue weighted by atomic mass is 32.1. The third-order valence-corrected chi connectivity index (χ3v) is 4.04. The second-order valence-electron chi connectivity index (χ2n) is 5.15. The number of nitrogens with zero attached hydrogens (tertiary/aromatic N) is 4. The van der Waals surface area contributed by atoms with E-state index < -0.39 is 0 Å². The van der Waals surface area contributed by atoms with E-state index in [1.54, 1.807) is 0 Å². The van der Waals surface area contributed by atoms with Crippen LogP contribution in [0.1, 0.15) is 62.3 Å². The van der Waals surface area contributed by atoms with Gasteiger partial charge < -0.3 is 5.32 Å². The number of hydrogen-bond acceptors (Lipinski definition) is 5. The fourth-order valence-electron chi connectivity index (χ4n) is 2.33. The summed E-state index contributed by atoms with van der Waals surface area (Å²) in [6.07, 6.45) is 2.95. The Hall–Kier alpha value is -1.27. The van der Waals surface area contributed by atoms with E-state index in [0.29, 0.717) is 5.92 Å².